The average molecular weight is 842 g/mol. The van der Waals surface area contributed by atoms with Gasteiger partial charge >= 0.3 is 52.4 Å². The van der Waals surface area contributed by atoms with Gasteiger partial charge in [-0.25, -0.2) is 0 Å². The van der Waals surface area contributed by atoms with Gasteiger partial charge in [-0.05, 0) is 48.9 Å². The Morgan fingerprint density at radius 1 is 0.440 bits per heavy atom. The van der Waals surface area contributed by atoms with Gasteiger partial charge in [-0.1, -0.05) is 59.7 Å². The minimum atomic E-state index is 0. The summed E-state index contributed by atoms with van der Waals surface area (Å²) in [6.07, 6.45) is 2.11. The van der Waals surface area contributed by atoms with Gasteiger partial charge in [0.15, 0.2) is 0 Å². The number of fused-ring (bicyclic) bond motifs is 8. The van der Waals surface area contributed by atoms with Gasteiger partial charge in [0.1, 0.15) is 0 Å². The molecule has 10 rings (SSSR count). The van der Waals surface area contributed by atoms with Crippen molar-refractivity contribution >= 4 is 21.5 Å². The van der Waals surface area contributed by atoms with Crippen LogP contribution in [-0.4, -0.2) is 0 Å². The first-order chi connectivity index (χ1) is 22.7. The SMILES string of the molecule is Cc1cccc2c1Cc1[c-]cccc1-2.Cc1cccc2c1Cc1[c-]cccc1-2.[Cl-].[Cl-].[Zr+2].[Zr+2].c1ccc2[cH-]ccc2c1.c1ccc2[cH-]ccc2c1. The summed E-state index contributed by atoms with van der Waals surface area (Å²) in [6, 6.07) is 61.6. The first kappa shape index (κ1) is 41.3. The maximum absolute atomic E-state index is 3.32. The molecule has 0 saturated heterocycles. The smallest absolute Gasteiger partial charge is 1.00 e. The Bertz CT molecular complexity index is 2040. The Balaban J connectivity index is 0.000000179. The van der Waals surface area contributed by atoms with Crippen LogP contribution in [0.5, 0.6) is 0 Å². The number of aryl methyl sites for hydroxylation is 2. The zero-order chi connectivity index (χ0) is 31.3. The summed E-state index contributed by atoms with van der Waals surface area (Å²) in [7, 11) is 0. The molecular weight excluding hydrogens is 806 g/mol. The van der Waals surface area contributed by atoms with E-state index in [2.05, 4.69) is 172 Å². The molecule has 0 heterocycles. The van der Waals surface area contributed by atoms with E-state index in [0.29, 0.717) is 0 Å². The van der Waals surface area contributed by atoms with Crippen molar-refractivity contribution < 1.29 is 77.2 Å². The molecule has 0 bridgehead atoms. The van der Waals surface area contributed by atoms with Gasteiger partial charge in [0.2, 0.25) is 0 Å². The van der Waals surface area contributed by atoms with E-state index >= 15 is 0 Å². The van der Waals surface area contributed by atoms with Crippen molar-refractivity contribution in [2.75, 3.05) is 0 Å². The number of benzene rings is 6. The Kier molecular flexibility index (Phi) is 16.1. The van der Waals surface area contributed by atoms with E-state index < -0.39 is 0 Å². The maximum atomic E-state index is 3.32. The van der Waals surface area contributed by atoms with Gasteiger partial charge < -0.3 is 24.8 Å². The summed E-state index contributed by atoms with van der Waals surface area (Å²) in [5.74, 6) is 0. The fraction of sp³-hybridized carbons (Fsp3) is 0.0870. The normalized spacial score (nSPS) is 10.6. The molecule has 50 heavy (non-hydrogen) atoms. The summed E-state index contributed by atoms with van der Waals surface area (Å²) < 4.78 is 0. The van der Waals surface area contributed by atoms with E-state index in [-0.39, 0.29) is 77.2 Å². The Labute approximate surface area is 347 Å². The monoisotopic (exact) mass is 838 g/mol. The summed E-state index contributed by atoms with van der Waals surface area (Å²) in [6.45, 7) is 4.37. The van der Waals surface area contributed by atoms with Crippen LogP contribution in [0.25, 0.3) is 43.8 Å². The third-order valence-corrected chi connectivity index (χ3v) is 9.09. The summed E-state index contributed by atoms with van der Waals surface area (Å²) >= 11 is 0. The number of halogens is 2. The van der Waals surface area contributed by atoms with E-state index in [1.54, 1.807) is 0 Å². The molecule has 8 aromatic carbocycles. The predicted molar refractivity (Wildman–Crippen MR) is 196 cm³/mol. The third kappa shape index (κ3) is 9.21. The molecule has 0 aromatic heterocycles. The molecular formula is C46H36Cl2Zr2-2. The van der Waals surface area contributed by atoms with Crippen LogP contribution in [-0.2, 0) is 65.2 Å². The van der Waals surface area contributed by atoms with Crippen LogP contribution < -0.4 is 24.8 Å². The Hall–Kier alpha value is -3.11. The number of hydrogen-bond donors (Lipinski definition) is 0. The Morgan fingerprint density at radius 2 is 0.840 bits per heavy atom. The first-order valence-corrected chi connectivity index (χ1v) is 16.0. The fourth-order valence-electron chi connectivity index (χ4n) is 6.61. The van der Waals surface area contributed by atoms with Gasteiger partial charge in [0.05, 0.1) is 0 Å². The van der Waals surface area contributed by atoms with Crippen LogP contribution in [0.4, 0.5) is 0 Å². The van der Waals surface area contributed by atoms with E-state index in [1.165, 1.54) is 77.2 Å². The van der Waals surface area contributed by atoms with Crippen LogP contribution in [0.15, 0.2) is 158 Å². The van der Waals surface area contributed by atoms with E-state index in [9.17, 15) is 0 Å². The molecule has 0 aliphatic heterocycles. The van der Waals surface area contributed by atoms with Crippen LogP contribution in [0, 0.1) is 26.0 Å². The van der Waals surface area contributed by atoms with Gasteiger partial charge in [0.25, 0.3) is 0 Å². The van der Waals surface area contributed by atoms with Crippen molar-refractivity contribution in [3.8, 4) is 22.3 Å². The molecule has 0 unspecified atom stereocenters. The van der Waals surface area contributed by atoms with E-state index in [0.717, 1.165) is 12.8 Å². The molecule has 2 aliphatic rings. The minimum Gasteiger partial charge on any atom is -1.00 e. The van der Waals surface area contributed by atoms with Crippen LogP contribution in [0.1, 0.15) is 33.4 Å². The van der Waals surface area contributed by atoms with E-state index in [4.69, 9.17) is 0 Å². The topological polar surface area (TPSA) is 0 Å². The van der Waals surface area contributed by atoms with Gasteiger partial charge in [0, 0.05) is 0 Å². The van der Waals surface area contributed by atoms with Crippen molar-refractivity contribution in [2.45, 2.75) is 26.7 Å². The molecule has 0 spiro atoms. The Morgan fingerprint density at radius 3 is 1.26 bits per heavy atom. The summed E-state index contributed by atoms with van der Waals surface area (Å²) in [5, 5.41) is 5.32. The fourth-order valence-corrected chi connectivity index (χ4v) is 6.61. The summed E-state index contributed by atoms with van der Waals surface area (Å²) in [4.78, 5) is 0. The molecule has 8 aromatic rings. The average Bonchev–Trinajstić information content (AvgIpc) is 3.91. The molecule has 0 N–H and O–H groups in total. The maximum Gasteiger partial charge on any atom is 2.00 e. The quantitative estimate of drug-likeness (QED) is 0.168. The molecule has 2 aliphatic carbocycles. The van der Waals surface area contributed by atoms with Crippen molar-refractivity contribution in [1.82, 2.24) is 0 Å². The standard InChI is InChI=1S/2C14H11.2C9H7.2ClH.2Zr/c2*1-10-5-4-8-13-12-7-3-2-6-11(12)9-14(10)13;2*1-2-5-9-7-3-6-8(9)4-1;;;;/h2*2-5,7-8H,9H2,1H3;2*1-7H;2*1H;;/q4*-1;;;2*+2/p-2. The van der Waals surface area contributed by atoms with Gasteiger partial charge in [-0.15, -0.1) is 70.4 Å². The molecule has 0 amide bonds. The van der Waals surface area contributed by atoms with Gasteiger partial charge in [-0.3, -0.25) is 0 Å². The molecule has 0 atom stereocenters. The second-order valence-corrected chi connectivity index (χ2v) is 12.0. The predicted octanol–water partition coefficient (Wildman–Crippen LogP) is 5.85. The van der Waals surface area contributed by atoms with Gasteiger partial charge in [-0.2, -0.15) is 94.7 Å². The number of hydrogen-bond acceptors (Lipinski definition) is 0. The molecule has 0 fully saturated rings. The van der Waals surface area contributed by atoms with Crippen molar-refractivity contribution in [3.05, 3.63) is 203 Å². The third-order valence-electron chi connectivity index (χ3n) is 9.09. The van der Waals surface area contributed by atoms with Crippen molar-refractivity contribution in [1.29, 1.82) is 0 Å². The minimum absolute atomic E-state index is 0. The molecule has 244 valence electrons. The second-order valence-electron chi connectivity index (χ2n) is 12.0. The van der Waals surface area contributed by atoms with E-state index in [1.807, 2.05) is 12.1 Å². The molecule has 0 saturated carbocycles. The van der Waals surface area contributed by atoms with Crippen molar-refractivity contribution in [3.63, 3.8) is 0 Å². The zero-order valence-electron chi connectivity index (χ0n) is 28.2. The second kappa shape index (κ2) is 19.5. The number of rotatable bonds is 0. The zero-order valence-corrected chi connectivity index (χ0v) is 34.6. The largest absolute Gasteiger partial charge is 2.00 e. The van der Waals surface area contributed by atoms with Crippen LogP contribution >= 0.6 is 0 Å². The summed E-state index contributed by atoms with van der Waals surface area (Å²) in [5.41, 5.74) is 14.0. The first-order valence-electron chi connectivity index (χ1n) is 16.0. The molecule has 0 nitrogen and oxygen atoms in total. The molecule has 0 radical (unpaired) electrons. The van der Waals surface area contributed by atoms with Crippen LogP contribution in [0.3, 0.4) is 0 Å². The van der Waals surface area contributed by atoms with Crippen molar-refractivity contribution in [2.24, 2.45) is 0 Å². The van der Waals surface area contributed by atoms with Crippen LogP contribution in [0.2, 0.25) is 0 Å². The molecule has 4 heteroatoms.